The highest BCUT2D eigenvalue weighted by Crippen LogP contribution is 1.96. The van der Waals surface area contributed by atoms with Crippen LogP contribution in [0.1, 0.15) is 12.0 Å². The third-order valence-corrected chi connectivity index (χ3v) is 2.48. The van der Waals surface area contributed by atoms with Crippen LogP contribution in [0, 0.1) is 0 Å². The average molecular weight is 270 g/mol. The van der Waals surface area contributed by atoms with Crippen molar-refractivity contribution in [1.29, 1.82) is 0 Å². The lowest BCUT2D eigenvalue weighted by atomic mass is 10.2. The van der Waals surface area contributed by atoms with Crippen LogP contribution < -0.4 is 10.6 Å². The first kappa shape index (κ1) is 15.0. The van der Waals surface area contributed by atoms with Gasteiger partial charge in [0.05, 0.1) is 6.20 Å². The van der Waals surface area contributed by atoms with Gasteiger partial charge in [-0.25, -0.2) is 9.59 Å². The van der Waals surface area contributed by atoms with Gasteiger partial charge in [-0.15, -0.1) is 0 Å². The summed E-state index contributed by atoms with van der Waals surface area (Å²) >= 11 is 0. The lowest BCUT2D eigenvalue weighted by molar-refractivity contribution is -0.139. The Balaban J connectivity index is 2.28. The highest BCUT2D eigenvalue weighted by atomic mass is 16.4. The number of aliphatic hydroxyl groups excluding tert-OH is 1. The number of carboxylic acids is 1. The summed E-state index contributed by atoms with van der Waals surface area (Å²) < 4.78 is 1.66. The van der Waals surface area contributed by atoms with E-state index in [2.05, 4.69) is 15.7 Å². The van der Waals surface area contributed by atoms with E-state index >= 15 is 0 Å². The molecule has 0 radical (unpaired) electrons. The van der Waals surface area contributed by atoms with Crippen LogP contribution in [0.2, 0.25) is 0 Å². The molecule has 0 bridgehead atoms. The summed E-state index contributed by atoms with van der Waals surface area (Å²) in [6.45, 7) is 0.0793. The van der Waals surface area contributed by atoms with Crippen LogP contribution in [0.25, 0.3) is 0 Å². The molecule has 106 valence electrons. The molecule has 0 aliphatic heterocycles. The van der Waals surface area contributed by atoms with Crippen LogP contribution in [0.4, 0.5) is 4.79 Å². The molecular formula is C11H18N4O4. The molecule has 4 N–H and O–H groups in total. The monoisotopic (exact) mass is 270 g/mol. The highest BCUT2D eigenvalue weighted by Gasteiger charge is 2.18. The predicted molar refractivity (Wildman–Crippen MR) is 66.6 cm³/mol. The van der Waals surface area contributed by atoms with Gasteiger partial charge in [0, 0.05) is 32.8 Å². The van der Waals surface area contributed by atoms with E-state index in [9.17, 15) is 9.59 Å². The summed E-state index contributed by atoms with van der Waals surface area (Å²) in [6, 6.07) is -1.65. The SMILES string of the molecule is Cn1cc(CCNC(=O)NC(CCO)C(=O)O)cn1. The first-order valence-corrected chi connectivity index (χ1v) is 5.88. The minimum absolute atomic E-state index is 0.0225. The van der Waals surface area contributed by atoms with Gasteiger partial charge in [-0.05, 0) is 12.0 Å². The molecule has 1 rings (SSSR count). The average Bonchev–Trinajstić information content (AvgIpc) is 2.74. The zero-order chi connectivity index (χ0) is 14.3. The Hall–Kier alpha value is -2.09. The lowest BCUT2D eigenvalue weighted by Crippen LogP contribution is -2.46. The van der Waals surface area contributed by atoms with Gasteiger partial charge in [0.25, 0.3) is 0 Å². The first-order chi connectivity index (χ1) is 9.02. The number of nitrogens with one attached hydrogen (secondary N) is 2. The molecule has 0 aromatic carbocycles. The van der Waals surface area contributed by atoms with Crippen LogP contribution in [0.3, 0.4) is 0 Å². The Morgan fingerprint density at radius 3 is 2.79 bits per heavy atom. The minimum atomic E-state index is -1.17. The van der Waals surface area contributed by atoms with Gasteiger partial charge in [-0.3, -0.25) is 4.68 Å². The largest absolute Gasteiger partial charge is 0.480 e. The number of aryl methyl sites for hydroxylation is 1. The van der Waals surface area contributed by atoms with Gasteiger partial charge in [-0.1, -0.05) is 0 Å². The van der Waals surface area contributed by atoms with Crippen molar-refractivity contribution in [3.05, 3.63) is 18.0 Å². The fourth-order valence-corrected chi connectivity index (χ4v) is 1.52. The summed E-state index contributed by atoms with van der Waals surface area (Å²) in [5, 5.41) is 26.3. The van der Waals surface area contributed by atoms with E-state index in [1.165, 1.54) is 0 Å². The molecule has 2 amide bonds. The van der Waals surface area contributed by atoms with Gasteiger partial charge in [0.1, 0.15) is 6.04 Å². The molecule has 0 saturated carbocycles. The molecule has 8 heteroatoms. The van der Waals surface area contributed by atoms with Crippen LogP contribution in [0.5, 0.6) is 0 Å². The molecule has 19 heavy (non-hydrogen) atoms. The zero-order valence-electron chi connectivity index (χ0n) is 10.7. The van der Waals surface area contributed by atoms with Gasteiger partial charge < -0.3 is 20.8 Å². The van der Waals surface area contributed by atoms with Crippen LogP contribution in [-0.2, 0) is 18.3 Å². The number of aliphatic carboxylic acids is 1. The van der Waals surface area contributed by atoms with E-state index in [1.807, 2.05) is 6.20 Å². The quantitative estimate of drug-likeness (QED) is 0.512. The number of urea groups is 1. The van der Waals surface area contributed by atoms with Crippen molar-refractivity contribution in [1.82, 2.24) is 20.4 Å². The predicted octanol–water partition coefficient (Wildman–Crippen LogP) is -0.903. The number of carboxylic acid groups (broad SMARTS) is 1. The Bertz CT molecular complexity index is 432. The van der Waals surface area contributed by atoms with Crippen molar-refractivity contribution >= 4 is 12.0 Å². The van der Waals surface area contributed by atoms with Gasteiger partial charge in [0.2, 0.25) is 0 Å². The molecule has 1 unspecified atom stereocenters. The Labute approximate surface area is 110 Å². The number of rotatable bonds is 7. The van der Waals surface area contributed by atoms with Crippen molar-refractivity contribution in [3.63, 3.8) is 0 Å². The molecule has 1 heterocycles. The molecule has 1 atom stereocenters. The van der Waals surface area contributed by atoms with Crippen LogP contribution in [-0.4, -0.2) is 51.2 Å². The maximum atomic E-state index is 11.4. The number of amides is 2. The van der Waals surface area contributed by atoms with Crippen molar-refractivity contribution in [2.24, 2.45) is 7.05 Å². The fraction of sp³-hybridized carbons (Fsp3) is 0.545. The van der Waals surface area contributed by atoms with Crippen molar-refractivity contribution in [2.45, 2.75) is 18.9 Å². The number of hydrogen-bond donors (Lipinski definition) is 4. The molecular weight excluding hydrogens is 252 g/mol. The molecule has 0 aliphatic rings. The summed E-state index contributed by atoms with van der Waals surface area (Å²) in [7, 11) is 1.80. The van der Waals surface area contributed by atoms with Crippen LogP contribution >= 0.6 is 0 Å². The number of carbonyl (C=O) groups excluding carboxylic acids is 1. The third kappa shape index (κ3) is 5.38. The second-order valence-electron chi connectivity index (χ2n) is 4.08. The maximum Gasteiger partial charge on any atom is 0.326 e. The van der Waals surface area contributed by atoms with E-state index in [4.69, 9.17) is 10.2 Å². The van der Waals surface area contributed by atoms with E-state index in [-0.39, 0.29) is 13.0 Å². The first-order valence-electron chi connectivity index (χ1n) is 5.88. The van der Waals surface area contributed by atoms with Crippen molar-refractivity contribution < 1.29 is 19.8 Å². The molecule has 1 aromatic heterocycles. The van der Waals surface area contributed by atoms with E-state index in [0.717, 1.165) is 5.56 Å². The molecule has 0 saturated heterocycles. The Morgan fingerprint density at radius 2 is 2.26 bits per heavy atom. The minimum Gasteiger partial charge on any atom is -0.480 e. The normalized spacial score (nSPS) is 11.9. The number of nitrogens with zero attached hydrogens (tertiary/aromatic N) is 2. The van der Waals surface area contributed by atoms with E-state index in [1.54, 1.807) is 17.9 Å². The molecule has 1 aromatic rings. The fourth-order valence-electron chi connectivity index (χ4n) is 1.52. The smallest absolute Gasteiger partial charge is 0.326 e. The topological polar surface area (TPSA) is 116 Å². The standard InChI is InChI=1S/C11H18N4O4/c1-15-7-8(6-13-15)2-4-12-11(19)14-9(3-5-16)10(17)18/h6-7,9,16H,2-5H2,1H3,(H,17,18)(H2,12,14,19). The highest BCUT2D eigenvalue weighted by molar-refractivity contribution is 5.82. The van der Waals surface area contributed by atoms with Crippen molar-refractivity contribution in [3.8, 4) is 0 Å². The molecule has 8 nitrogen and oxygen atoms in total. The van der Waals surface area contributed by atoms with Gasteiger partial charge in [-0.2, -0.15) is 5.10 Å². The summed E-state index contributed by atoms with van der Waals surface area (Å²) in [6.07, 6.45) is 4.13. The van der Waals surface area contributed by atoms with E-state index in [0.29, 0.717) is 13.0 Å². The third-order valence-electron chi connectivity index (χ3n) is 2.48. The Kier molecular flexibility index (Phi) is 5.80. The maximum absolute atomic E-state index is 11.4. The van der Waals surface area contributed by atoms with Crippen LogP contribution in [0.15, 0.2) is 12.4 Å². The summed E-state index contributed by atoms with van der Waals surface area (Å²) in [5.74, 6) is -1.17. The Morgan fingerprint density at radius 1 is 1.53 bits per heavy atom. The molecule has 0 fully saturated rings. The molecule has 0 spiro atoms. The molecule has 0 aliphatic carbocycles. The lowest BCUT2D eigenvalue weighted by Gasteiger charge is -2.13. The number of carbonyl (C=O) groups is 2. The van der Waals surface area contributed by atoms with Gasteiger partial charge >= 0.3 is 12.0 Å². The van der Waals surface area contributed by atoms with Crippen molar-refractivity contribution in [2.75, 3.05) is 13.2 Å². The summed E-state index contributed by atoms with van der Waals surface area (Å²) in [5.41, 5.74) is 0.980. The second-order valence-corrected chi connectivity index (χ2v) is 4.08. The van der Waals surface area contributed by atoms with Gasteiger partial charge in [0.15, 0.2) is 0 Å². The summed E-state index contributed by atoms with van der Waals surface area (Å²) in [4.78, 5) is 22.2. The number of aromatic nitrogens is 2. The second kappa shape index (κ2) is 7.37. The van der Waals surface area contributed by atoms with E-state index < -0.39 is 18.0 Å². The zero-order valence-corrected chi connectivity index (χ0v) is 10.7. The number of aliphatic hydroxyl groups is 1. The number of hydrogen-bond acceptors (Lipinski definition) is 4.